The molecule has 0 amide bonds. The summed E-state index contributed by atoms with van der Waals surface area (Å²) in [5.41, 5.74) is 0.806. The molecule has 94 valence electrons. The minimum atomic E-state index is 0.0675. The molecule has 0 radical (unpaired) electrons. The van der Waals surface area contributed by atoms with Gasteiger partial charge in [0, 0.05) is 5.69 Å². The van der Waals surface area contributed by atoms with Crippen LogP contribution in [0.1, 0.15) is 0 Å². The van der Waals surface area contributed by atoms with Crippen LogP contribution in [0.3, 0.4) is 0 Å². The van der Waals surface area contributed by atoms with Crippen molar-refractivity contribution < 1.29 is 9.47 Å². The number of hydrogen-bond acceptors (Lipinski definition) is 6. The number of ether oxygens (including phenoxy) is 2. The highest BCUT2D eigenvalue weighted by molar-refractivity contribution is 6.28. The first kappa shape index (κ1) is 12.4. The summed E-state index contributed by atoms with van der Waals surface area (Å²) in [6.07, 6.45) is 0. The lowest BCUT2D eigenvalue weighted by atomic mass is 10.3. The molecule has 1 aromatic heterocycles. The summed E-state index contributed by atoms with van der Waals surface area (Å²) in [6.45, 7) is 0. The Bertz CT molecular complexity index is 533. The molecule has 18 heavy (non-hydrogen) atoms. The molecule has 1 N–H and O–H groups in total. The molecule has 6 nitrogen and oxygen atoms in total. The quantitative estimate of drug-likeness (QED) is 0.916. The van der Waals surface area contributed by atoms with Crippen LogP contribution in [0, 0.1) is 0 Å². The van der Waals surface area contributed by atoms with Crippen molar-refractivity contribution in [2.75, 3.05) is 19.5 Å². The second kappa shape index (κ2) is 5.50. The van der Waals surface area contributed by atoms with Crippen LogP contribution in [-0.4, -0.2) is 29.2 Å². The maximum absolute atomic E-state index is 5.74. The first-order chi connectivity index (χ1) is 8.71. The van der Waals surface area contributed by atoms with Crippen LogP contribution in [-0.2, 0) is 0 Å². The zero-order valence-electron chi connectivity index (χ0n) is 9.85. The van der Waals surface area contributed by atoms with E-state index in [0.717, 1.165) is 11.4 Å². The average molecular weight is 267 g/mol. The third kappa shape index (κ3) is 2.98. The number of anilines is 2. The summed E-state index contributed by atoms with van der Waals surface area (Å²) in [5.74, 6) is 1.09. The lowest BCUT2D eigenvalue weighted by molar-refractivity contribution is 0.379. The molecule has 0 unspecified atom stereocenters. The Kier molecular flexibility index (Phi) is 3.78. The van der Waals surface area contributed by atoms with Gasteiger partial charge in [0.25, 0.3) is 0 Å². The van der Waals surface area contributed by atoms with Crippen LogP contribution >= 0.6 is 11.6 Å². The van der Waals surface area contributed by atoms with Gasteiger partial charge in [0.2, 0.25) is 11.2 Å². The van der Waals surface area contributed by atoms with Gasteiger partial charge in [-0.2, -0.15) is 15.0 Å². The lowest BCUT2D eigenvalue weighted by Crippen LogP contribution is -2.01. The zero-order valence-corrected chi connectivity index (χ0v) is 10.6. The van der Waals surface area contributed by atoms with Crippen molar-refractivity contribution in [3.8, 4) is 11.8 Å². The van der Waals surface area contributed by atoms with E-state index in [1.807, 2.05) is 24.3 Å². The van der Waals surface area contributed by atoms with Crippen LogP contribution in [0.2, 0.25) is 5.28 Å². The number of methoxy groups -OCH3 is 2. The van der Waals surface area contributed by atoms with Gasteiger partial charge in [-0.25, -0.2) is 0 Å². The third-order valence-corrected chi connectivity index (χ3v) is 2.29. The van der Waals surface area contributed by atoms with Crippen molar-refractivity contribution in [3.05, 3.63) is 29.5 Å². The molecule has 0 fully saturated rings. The highest BCUT2D eigenvalue weighted by Gasteiger charge is 2.05. The maximum atomic E-state index is 5.74. The number of nitrogens with zero attached hydrogens (tertiary/aromatic N) is 3. The highest BCUT2D eigenvalue weighted by atomic mass is 35.5. The predicted molar refractivity (Wildman–Crippen MR) is 67.7 cm³/mol. The number of benzene rings is 1. The SMILES string of the molecule is COc1ccc(Nc2nc(Cl)nc(OC)n2)cc1. The second-order valence-corrected chi connectivity index (χ2v) is 3.61. The summed E-state index contributed by atoms with van der Waals surface area (Å²) in [5, 5.41) is 3.06. The minimum absolute atomic E-state index is 0.0675. The maximum Gasteiger partial charge on any atom is 0.322 e. The average Bonchev–Trinajstić information content (AvgIpc) is 2.39. The summed E-state index contributed by atoms with van der Waals surface area (Å²) in [7, 11) is 3.07. The Hall–Kier alpha value is -2.08. The molecule has 2 aromatic rings. The van der Waals surface area contributed by atoms with Crippen molar-refractivity contribution in [1.82, 2.24) is 15.0 Å². The summed E-state index contributed by atoms with van der Waals surface area (Å²) in [6, 6.07) is 7.47. The van der Waals surface area contributed by atoms with Gasteiger partial charge >= 0.3 is 6.01 Å². The van der Waals surface area contributed by atoms with E-state index in [9.17, 15) is 0 Å². The number of halogens is 1. The van der Waals surface area contributed by atoms with Crippen LogP contribution in [0.4, 0.5) is 11.6 Å². The first-order valence-electron chi connectivity index (χ1n) is 5.08. The summed E-state index contributed by atoms with van der Waals surface area (Å²) < 4.78 is 9.97. The van der Waals surface area contributed by atoms with Gasteiger partial charge in [0.1, 0.15) is 5.75 Å². The van der Waals surface area contributed by atoms with Gasteiger partial charge in [0.05, 0.1) is 14.2 Å². The van der Waals surface area contributed by atoms with Gasteiger partial charge < -0.3 is 14.8 Å². The number of rotatable bonds is 4. The van der Waals surface area contributed by atoms with E-state index in [1.54, 1.807) is 7.11 Å². The summed E-state index contributed by atoms with van der Waals surface area (Å²) >= 11 is 5.74. The number of hydrogen-bond donors (Lipinski definition) is 1. The fourth-order valence-corrected chi connectivity index (χ4v) is 1.43. The third-order valence-electron chi connectivity index (χ3n) is 2.12. The fraction of sp³-hybridized carbons (Fsp3) is 0.182. The van der Waals surface area contributed by atoms with Crippen LogP contribution in [0.25, 0.3) is 0 Å². The number of aromatic nitrogens is 3. The normalized spacial score (nSPS) is 9.94. The van der Waals surface area contributed by atoms with Gasteiger partial charge in [-0.3, -0.25) is 0 Å². The molecule has 1 heterocycles. The number of nitrogens with one attached hydrogen (secondary N) is 1. The molecule has 0 aliphatic rings. The molecular formula is C11H11ClN4O2. The molecule has 0 saturated carbocycles. The zero-order chi connectivity index (χ0) is 13.0. The predicted octanol–water partition coefficient (Wildman–Crippen LogP) is 2.29. The molecule has 0 saturated heterocycles. The molecule has 0 aliphatic carbocycles. The van der Waals surface area contributed by atoms with Crippen molar-refractivity contribution in [3.63, 3.8) is 0 Å². The molecule has 2 rings (SSSR count). The van der Waals surface area contributed by atoms with Gasteiger partial charge in [-0.05, 0) is 35.9 Å². The van der Waals surface area contributed by atoms with Gasteiger partial charge in [0.15, 0.2) is 0 Å². The fourth-order valence-electron chi connectivity index (χ4n) is 1.28. The Morgan fingerprint density at radius 1 is 1.00 bits per heavy atom. The smallest absolute Gasteiger partial charge is 0.322 e. The van der Waals surface area contributed by atoms with E-state index in [4.69, 9.17) is 21.1 Å². The Balaban J connectivity index is 2.19. The molecule has 0 aliphatic heterocycles. The highest BCUT2D eigenvalue weighted by Crippen LogP contribution is 2.19. The summed E-state index contributed by atoms with van der Waals surface area (Å²) in [4.78, 5) is 11.7. The standard InChI is InChI=1S/C11H11ClN4O2/c1-17-8-5-3-7(4-6-8)13-10-14-9(12)15-11(16-10)18-2/h3-6H,1-2H3,(H,13,14,15,16). The molecule has 0 spiro atoms. The minimum Gasteiger partial charge on any atom is -0.497 e. The topological polar surface area (TPSA) is 69.2 Å². The van der Waals surface area contributed by atoms with Crippen molar-refractivity contribution in [1.29, 1.82) is 0 Å². The van der Waals surface area contributed by atoms with Crippen LogP contribution in [0.15, 0.2) is 24.3 Å². The molecule has 1 aromatic carbocycles. The Labute approximate surface area is 109 Å². The molecular weight excluding hydrogens is 256 g/mol. The van der Waals surface area contributed by atoms with Gasteiger partial charge in [-0.15, -0.1) is 0 Å². The van der Waals surface area contributed by atoms with E-state index in [1.165, 1.54) is 7.11 Å². The van der Waals surface area contributed by atoms with Crippen molar-refractivity contribution in [2.24, 2.45) is 0 Å². The first-order valence-corrected chi connectivity index (χ1v) is 5.45. The van der Waals surface area contributed by atoms with E-state index >= 15 is 0 Å². The second-order valence-electron chi connectivity index (χ2n) is 3.27. The van der Waals surface area contributed by atoms with E-state index in [0.29, 0.717) is 5.95 Å². The molecule has 7 heteroatoms. The largest absolute Gasteiger partial charge is 0.497 e. The molecule has 0 bridgehead atoms. The molecule has 0 atom stereocenters. The van der Waals surface area contributed by atoms with Crippen LogP contribution < -0.4 is 14.8 Å². The Morgan fingerprint density at radius 3 is 2.33 bits per heavy atom. The van der Waals surface area contributed by atoms with E-state index < -0.39 is 0 Å². The van der Waals surface area contributed by atoms with E-state index in [-0.39, 0.29) is 11.3 Å². The van der Waals surface area contributed by atoms with Crippen molar-refractivity contribution >= 4 is 23.2 Å². The monoisotopic (exact) mass is 266 g/mol. The Morgan fingerprint density at radius 2 is 1.72 bits per heavy atom. The lowest BCUT2D eigenvalue weighted by Gasteiger charge is -2.06. The van der Waals surface area contributed by atoms with Crippen LogP contribution in [0.5, 0.6) is 11.8 Å². The van der Waals surface area contributed by atoms with E-state index in [2.05, 4.69) is 20.3 Å². The van der Waals surface area contributed by atoms with Crippen molar-refractivity contribution in [2.45, 2.75) is 0 Å². The van der Waals surface area contributed by atoms with Gasteiger partial charge in [-0.1, -0.05) is 0 Å².